The number of halogens is 1. The summed E-state index contributed by atoms with van der Waals surface area (Å²) in [5.74, 6) is 0.381. The number of anilines is 2. The van der Waals surface area contributed by atoms with Crippen LogP contribution in [0.2, 0.25) is 0 Å². The lowest BCUT2D eigenvalue weighted by Gasteiger charge is -2.20. The van der Waals surface area contributed by atoms with Gasteiger partial charge in [0.25, 0.3) is 0 Å². The van der Waals surface area contributed by atoms with E-state index in [1.165, 1.54) is 6.07 Å². The van der Waals surface area contributed by atoms with Crippen LogP contribution in [0.25, 0.3) is 10.9 Å². The highest BCUT2D eigenvalue weighted by Crippen LogP contribution is 2.33. The minimum Gasteiger partial charge on any atom is -0.290 e. The first-order valence-corrected chi connectivity index (χ1v) is 8.25. The lowest BCUT2D eigenvalue weighted by Crippen LogP contribution is -2.42. The van der Waals surface area contributed by atoms with Gasteiger partial charge in [0.15, 0.2) is 5.82 Å². The summed E-state index contributed by atoms with van der Waals surface area (Å²) >= 11 is 0. The Morgan fingerprint density at radius 1 is 1.31 bits per heavy atom. The smallest absolute Gasteiger partial charge is 0.170 e. The van der Waals surface area contributed by atoms with Crippen LogP contribution < -0.4 is 15.6 Å². The van der Waals surface area contributed by atoms with Crippen LogP contribution in [0.15, 0.2) is 47.7 Å². The van der Waals surface area contributed by atoms with E-state index in [9.17, 15) is 4.39 Å². The van der Waals surface area contributed by atoms with Gasteiger partial charge in [-0.3, -0.25) is 15.0 Å². The number of nitrogens with one attached hydrogen (secondary N) is 2. The van der Waals surface area contributed by atoms with Crippen molar-refractivity contribution in [2.24, 2.45) is 5.11 Å². The molecule has 0 spiro atoms. The second-order valence-electron chi connectivity index (χ2n) is 6.27. The summed E-state index contributed by atoms with van der Waals surface area (Å²) in [6, 6.07) is 10.5. The molecule has 8 heteroatoms. The van der Waals surface area contributed by atoms with Crippen molar-refractivity contribution in [3.8, 4) is 0 Å². The third kappa shape index (κ3) is 2.74. The van der Waals surface area contributed by atoms with Crippen LogP contribution in [0.5, 0.6) is 0 Å². The van der Waals surface area contributed by atoms with Crippen molar-refractivity contribution >= 4 is 22.4 Å². The molecule has 0 amide bonds. The zero-order valence-corrected chi connectivity index (χ0v) is 14.4. The van der Waals surface area contributed by atoms with E-state index in [0.29, 0.717) is 29.1 Å². The van der Waals surface area contributed by atoms with Crippen LogP contribution >= 0.6 is 0 Å². The first-order chi connectivity index (χ1) is 12.6. The fourth-order valence-corrected chi connectivity index (χ4v) is 3.04. The molecule has 1 aromatic carbocycles. The largest absolute Gasteiger partial charge is 0.290 e. The van der Waals surface area contributed by atoms with Crippen molar-refractivity contribution in [1.29, 1.82) is 5.53 Å². The van der Waals surface area contributed by atoms with E-state index < -0.39 is 0 Å². The second kappa shape index (κ2) is 6.30. The molecule has 0 bridgehead atoms. The van der Waals surface area contributed by atoms with Crippen molar-refractivity contribution in [2.75, 3.05) is 17.1 Å². The summed E-state index contributed by atoms with van der Waals surface area (Å²) in [7, 11) is 1.87. The number of hydrogen-bond acceptors (Lipinski definition) is 7. The molecule has 0 fully saturated rings. The van der Waals surface area contributed by atoms with Gasteiger partial charge in [-0.25, -0.2) is 14.9 Å². The zero-order chi connectivity index (χ0) is 18.3. The van der Waals surface area contributed by atoms with E-state index in [1.54, 1.807) is 11.2 Å². The Morgan fingerprint density at radius 3 is 2.96 bits per heavy atom. The molecule has 26 heavy (non-hydrogen) atoms. The molecule has 0 saturated heterocycles. The molecular weight excluding hydrogens is 333 g/mol. The maximum atomic E-state index is 14.5. The van der Waals surface area contributed by atoms with Crippen LogP contribution in [0.4, 0.5) is 15.9 Å². The van der Waals surface area contributed by atoms with Crippen LogP contribution in [-0.2, 0) is 6.54 Å². The van der Waals surface area contributed by atoms with E-state index in [2.05, 4.69) is 20.6 Å². The molecular formula is C18H18FN7. The Kier molecular flexibility index (Phi) is 3.96. The van der Waals surface area contributed by atoms with Crippen molar-refractivity contribution < 1.29 is 4.39 Å². The summed E-state index contributed by atoms with van der Waals surface area (Å²) in [5.41, 5.74) is 13.1. The van der Waals surface area contributed by atoms with Gasteiger partial charge in [-0.1, -0.05) is 6.07 Å². The maximum Gasteiger partial charge on any atom is 0.170 e. The lowest BCUT2D eigenvalue weighted by molar-refractivity contribution is 0.586. The molecule has 3 aromatic rings. The molecule has 1 unspecified atom stereocenters. The van der Waals surface area contributed by atoms with Gasteiger partial charge in [0.1, 0.15) is 11.9 Å². The molecule has 3 heterocycles. The molecule has 1 aliphatic rings. The van der Waals surface area contributed by atoms with E-state index in [4.69, 9.17) is 5.53 Å². The topological polar surface area (TPSA) is 80.5 Å². The third-order valence-electron chi connectivity index (χ3n) is 4.49. The van der Waals surface area contributed by atoms with Crippen molar-refractivity contribution in [3.63, 3.8) is 0 Å². The van der Waals surface area contributed by atoms with Gasteiger partial charge in [0.05, 0.1) is 23.4 Å². The van der Waals surface area contributed by atoms with Gasteiger partial charge < -0.3 is 0 Å². The van der Waals surface area contributed by atoms with Crippen molar-refractivity contribution in [1.82, 2.24) is 15.5 Å². The van der Waals surface area contributed by atoms with Gasteiger partial charge in [0, 0.05) is 30.3 Å². The number of hydrogen-bond donors (Lipinski definition) is 2. The molecule has 1 atom stereocenters. The quantitative estimate of drug-likeness (QED) is 0.700. The number of pyridine rings is 2. The van der Waals surface area contributed by atoms with Gasteiger partial charge >= 0.3 is 0 Å². The molecule has 0 aliphatic carbocycles. The van der Waals surface area contributed by atoms with Crippen molar-refractivity contribution in [2.45, 2.75) is 19.5 Å². The maximum absolute atomic E-state index is 14.5. The number of aromatic nitrogens is 2. The number of benzene rings is 1. The van der Waals surface area contributed by atoms with Gasteiger partial charge in [-0.2, -0.15) is 5.11 Å². The molecule has 4 rings (SSSR count). The predicted molar refractivity (Wildman–Crippen MR) is 97.2 cm³/mol. The Balaban J connectivity index is 1.70. The summed E-state index contributed by atoms with van der Waals surface area (Å²) < 4.78 is 14.5. The predicted octanol–water partition coefficient (Wildman–Crippen LogP) is 3.74. The van der Waals surface area contributed by atoms with Crippen molar-refractivity contribution in [3.05, 3.63) is 59.7 Å². The number of nitrogens with zero attached hydrogens (tertiary/aromatic N) is 5. The Hall–Kier alpha value is -3.13. The summed E-state index contributed by atoms with van der Waals surface area (Å²) in [6.07, 6.45) is 1.65. The van der Waals surface area contributed by atoms with Crippen LogP contribution in [0.1, 0.15) is 24.2 Å². The van der Waals surface area contributed by atoms with Gasteiger partial charge in [-0.15, -0.1) is 5.53 Å². The molecule has 2 aromatic heterocycles. The summed E-state index contributed by atoms with van der Waals surface area (Å²) in [6.45, 7) is 2.12. The van der Waals surface area contributed by atoms with Crippen LogP contribution in [0, 0.1) is 11.3 Å². The third-order valence-corrected chi connectivity index (χ3v) is 4.49. The highest BCUT2D eigenvalue weighted by molar-refractivity contribution is 5.79. The Morgan fingerprint density at radius 2 is 2.15 bits per heavy atom. The van der Waals surface area contributed by atoms with E-state index >= 15 is 0 Å². The normalized spacial score (nSPS) is 14.6. The Labute approximate surface area is 149 Å². The Bertz CT molecular complexity index is 990. The number of hydrazine groups is 2. The highest BCUT2D eigenvalue weighted by atomic mass is 19.1. The fraction of sp³-hybridized carbons (Fsp3) is 0.222. The SMILES string of the molecule is CC(N=N)c1ccc2c(n1)N(Cc1cc3cccnc3cc1F)NN2C. The molecule has 2 N–H and O–H groups in total. The van der Waals surface area contributed by atoms with E-state index in [1.807, 2.05) is 49.3 Å². The zero-order valence-electron chi connectivity index (χ0n) is 14.4. The fourth-order valence-electron chi connectivity index (χ4n) is 3.04. The molecule has 132 valence electrons. The van der Waals surface area contributed by atoms with Gasteiger partial charge in [-0.05, 0) is 31.2 Å². The summed E-state index contributed by atoms with van der Waals surface area (Å²) in [4.78, 5) is 8.80. The first-order valence-electron chi connectivity index (χ1n) is 8.25. The minimum absolute atomic E-state index is 0.302. The number of rotatable bonds is 4. The molecule has 0 saturated carbocycles. The first kappa shape index (κ1) is 16.3. The lowest BCUT2D eigenvalue weighted by atomic mass is 10.1. The average Bonchev–Trinajstić information content (AvgIpc) is 2.96. The average molecular weight is 351 g/mol. The van der Waals surface area contributed by atoms with Crippen LogP contribution in [0.3, 0.4) is 0 Å². The monoisotopic (exact) mass is 351 g/mol. The minimum atomic E-state index is -0.323. The van der Waals surface area contributed by atoms with E-state index in [0.717, 1.165) is 11.1 Å². The highest BCUT2D eigenvalue weighted by Gasteiger charge is 2.26. The molecule has 1 aliphatic heterocycles. The standard InChI is InChI=1S/C18H18FN7/c1-11(23-20)15-5-6-17-18(22-15)26(24-25(17)2)10-13-8-12-4-3-7-21-16(12)9-14(13)19/h3-9,11,20,24H,10H2,1-2H3. The second-order valence-corrected chi connectivity index (χ2v) is 6.27. The van der Waals surface area contributed by atoms with Gasteiger partial charge in [0.2, 0.25) is 0 Å². The molecule has 0 radical (unpaired) electrons. The van der Waals surface area contributed by atoms with Crippen LogP contribution in [-0.4, -0.2) is 17.0 Å². The van der Waals surface area contributed by atoms with E-state index in [-0.39, 0.29) is 11.9 Å². The summed E-state index contributed by atoms with van der Waals surface area (Å²) in [5, 5.41) is 8.03. The number of fused-ring (bicyclic) bond motifs is 2. The molecule has 7 nitrogen and oxygen atoms in total.